The van der Waals surface area contributed by atoms with Crippen molar-refractivity contribution in [1.29, 1.82) is 0 Å². The summed E-state index contributed by atoms with van der Waals surface area (Å²) in [6.07, 6.45) is 0. The Morgan fingerprint density at radius 2 is 0.980 bits per heavy atom. The molecule has 10 aromatic rings. The van der Waals surface area contributed by atoms with Gasteiger partial charge in [0.15, 0.2) is 0 Å². The Bertz CT molecular complexity index is 2850. The van der Waals surface area contributed by atoms with E-state index < -0.39 is 0 Å². The molecule has 0 amide bonds. The van der Waals surface area contributed by atoms with Crippen LogP contribution in [0.2, 0.25) is 0 Å². The molecule has 0 N–H and O–H groups in total. The first-order valence-electron chi connectivity index (χ1n) is 17.4. The molecule has 0 aliphatic rings. The van der Waals surface area contributed by atoms with E-state index in [1.165, 1.54) is 69.9 Å². The lowest BCUT2D eigenvalue weighted by atomic mass is 10.0. The quantitative estimate of drug-likeness (QED) is 0.171. The highest BCUT2D eigenvalue weighted by Gasteiger charge is 2.19. The van der Waals surface area contributed by atoms with Gasteiger partial charge in [-0.25, -0.2) is 0 Å². The van der Waals surface area contributed by atoms with Crippen molar-refractivity contribution in [2.45, 2.75) is 0 Å². The summed E-state index contributed by atoms with van der Waals surface area (Å²) < 4.78 is 4.98. The molecule has 0 bridgehead atoms. The summed E-state index contributed by atoms with van der Waals surface area (Å²) >= 11 is 1.86. The van der Waals surface area contributed by atoms with Crippen molar-refractivity contribution < 1.29 is 0 Å². The van der Waals surface area contributed by atoms with Gasteiger partial charge in [0.1, 0.15) is 0 Å². The molecule has 8 aromatic carbocycles. The number of anilines is 3. The van der Waals surface area contributed by atoms with E-state index in [2.05, 4.69) is 204 Å². The van der Waals surface area contributed by atoms with Gasteiger partial charge in [-0.1, -0.05) is 133 Å². The second-order valence-corrected chi connectivity index (χ2v) is 14.0. The molecule has 0 fully saturated rings. The Balaban J connectivity index is 1.12. The third-order valence-electron chi connectivity index (χ3n) is 10.00. The molecule has 3 heteroatoms. The first kappa shape index (κ1) is 29.5. The van der Waals surface area contributed by atoms with Crippen LogP contribution < -0.4 is 4.90 Å². The van der Waals surface area contributed by atoms with Gasteiger partial charge in [0.25, 0.3) is 0 Å². The number of aromatic nitrogens is 1. The molecule has 51 heavy (non-hydrogen) atoms. The summed E-state index contributed by atoms with van der Waals surface area (Å²) in [6.45, 7) is 0. The number of para-hydroxylation sites is 3. The minimum atomic E-state index is 1.11. The highest BCUT2D eigenvalue weighted by atomic mass is 32.1. The highest BCUT2D eigenvalue weighted by Crippen LogP contribution is 2.44. The summed E-state index contributed by atoms with van der Waals surface area (Å²) in [5.41, 5.74) is 11.7. The topological polar surface area (TPSA) is 8.17 Å². The number of hydrogen-bond donors (Lipinski definition) is 0. The van der Waals surface area contributed by atoms with Crippen LogP contribution in [0.1, 0.15) is 0 Å². The van der Waals surface area contributed by atoms with E-state index in [0.29, 0.717) is 0 Å². The van der Waals surface area contributed by atoms with Gasteiger partial charge in [0.05, 0.1) is 16.7 Å². The number of nitrogens with zero attached hydrogens (tertiary/aromatic N) is 2. The average Bonchev–Trinajstić information content (AvgIpc) is 3.74. The third-order valence-corrected chi connectivity index (χ3v) is 11.1. The summed E-state index contributed by atoms with van der Waals surface area (Å²) in [7, 11) is 0. The van der Waals surface area contributed by atoms with Gasteiger partial charge in [-0.05, 0) is 77.4 Å². The smallest absolute Gasteiger partial charge is 0.0547 e. The van der Waals surface area contributed by atoms with Crippen LogP contribution in [0.25, 0.3) is 69.9 Å². The molecule has 0 spiro atoms. The van der Waals surface area contributed by atoms with Crippen LogP contribution >= 0.6 is 11.3 Å². The lowest BCUT2D eigenvalue weighted by Gasteiger charge is -2.28. The van der Waals surface area contributed by atoms with E-state index >= 15 is 0 Å². The SMILES string of the molecule is c1ccc(-c2ccccc2N(c2ccc(-c3ccc4c5ccccc5n(-c5ccccc5)c4c3)cc2)c2ccc3c(c2)sc2ccccc23)cc1. The molecule has 0 aliphatic heterocycles. The zero-order valence-electron chi connectivity index (χ0n) is 27.8. The first-order valence-corrected chi connectivity index (χ1v) is 18.2. The van der Waals surface area contributed by atoms with Gasteiger partial charge in [-0.3, -0.25) is 0 Å². The number of rotatable bonds is 6. The van der Waals surface area contributed by atoms with Crippen molar-refractivity contribution in [1.82, 2.24) is 4.57 Å². The van der Waals surface area contributed by atoms with Crippen LogP contribution in [0.15, 0.2) is 194 Å². The van der Waals surface area contributed by atoms with Crippen molar-refractivity contribution >= 4 is 70.4 Å². The molecule has 0 saturated heterocycles. The van der Waals surface area contributed by atoms with E-state index in [1.54, 1.807) is 0 Å². The fourth-order valence-corrected chi connectivity index (χ4v) is 8.76. The minimum absolute atomic E-state index is 1.11. The van der Waals surface area contributed by atoms with E-state index in [9.17, 15) is 0 Å². The van der Waals surface area contributed by atoms with Gasteiger partial charge in [-0.15, -0.1) is 11.3 Å². The molecule has 2 nitrogen and oxygen atoms in total. The Kier molecular flexibility index (Phi) is 7.04. The molecule has 0 radical (unpaired) electrons. The van der Waals surface area contributed by atoms with Crippen LogP contribution in [0.5, 0.6) is 0 Å². The Labute approximate surface area is 300 Å². The molecule has 2 aromatic heterocycles. The predicted octanol–water partition coefficient (Wildman–Crippen LogP) is 14.0. The van der Waals surface area contributed by atoms with Gasteiger partial charge in [-0.2, -0.15) is 0 Å². The van der Waals surface area contributed by atoms with Crippen molar-refractivity contribution in [3.63, 3.8) is 0 Å². The lowest BCUT2D eigenvalue weighted by Crippen LogP contribution is -2.11. The predicted molar refractivity (Wildman–Crippen MR) is 219 cm³/mol. The number of benzene rings is 8. The number of hydrogen-bond acceptors (Lipinski definition) is 2. The van der Waals surface area contributed by atoms with Gasteiger partial charge in [0.2, 0.25) is 0 Å². The number of fused-ring (bicyclic) bond motifs is 6. The summed E-state index contributed by atoms with van der Waals surface area (Å²) in [5, 5.41) is 5.14. The molecule has 10 rings (SSSR count). The molecule has 0 saturated carbocycles. The van der Waals surface area contributed by atoms with Gasteiger partial charge >= 0.3 is 0 Å². The van der Waals surface area contributed by atoms with Crippen LogP contribution in [0.3, 0.4) is 0 Å². The summed E-state index contributed by atoms with van der Waals surface area (Å²) in [6, 6.07) is 70.4. The molecule has 0 unspecified atom stereocenters. The lowest BCUT2D eigenvalue weighted by molar-refractivity contribution is 1.18. The van der Waals surface area contributed by atoms with E-state index in [0.717, 1.165) is 17.1 Å². The zero-order chi connectivity index (χ0) is 33.7. The fraction of sp³-hybridized carbons (Fsp3) is 0. The van der Waals surface area contributed by atoms with Crippen LogP contribution in [0.4, 0.5) is 17.1 Å². The van der Waals surface area contributed by atoms with Crippen LogP contribution in [-0.4, -0.2) is 4.57 Å². The Morgan fingerprint density at radius 1 is 0.373 bits per heavy atom. The maximum atomic E-state index is 2.41. The molecular weight excluding hydrogens is 637 g/mol. The van der Waals surface area contributed by atoms with Crippen LogP contribution in [0, 0.1) is 0 Å². The monoisotopic (exact) mass is 668 g/mol. The zero-order valence-corrected chi connectivity index (χ0v) is 28.6. The van der Waals surface area contributed by atoms with Crippen molar-refractivity contribution in [3.05, 3.63) is 194 Å². The third kappa shape index (κ3) is 5.01. The second kappa shape index (κ2) is 12.2. The fourth-order valence-electron chi connectivity index (χ4n) is 7.62. The first-order chi connectivity index (χ1) is 25.3. The second-order valence-electron chi connectivity index (χ2n) is 13.0. The maximum absolute atomic E-state index is 2.41. The van der Waals surface area contributed by atoms with Crippen LogP contribution in [-0.2, 0) is 0 Å². The van der Waals surface area contributed by atoms with Crippen molar-refractivity contribution in [3.8, 4) is 27.9 Å². The molecule has 0 atom stereocenters. The van der Waals surface area contributed by atoms with E-state index in [4.69, 9.17) is 0 Å². The highest BCUT2D eigenvalue weighted by molar-refractivity contribution is 7.25. The van der Waals surface area contributed by atoms with E-state index in [-0.39, 0.29) is 0 Å². The number of thiophene rings is 1. The van der Waals surface area contributed by atoms with Gasteiger partial charge < -0.3 is 9.47 Å². The van der Waals surface area contributed by atoms with Crippen molar-refractivity contribution in [2.24, 2.45) is 0 Å². The summed E-state index contributed by atoms with van der Waals surface area (Å²) in [4.78, 5) is 2.41. The average molecular weight is 669 g/mol. The molecule has 2 heterocycles. The van der Waals surface area contributed by atoms with E-state index in [1.807, 2.05) is 11.3 Å². The molecular formula is C48H32N2S. The molecule has 0 aliphatic carbocycles. The normalized spacial score (nSPS) is 11.5. The minimum Gasteiger partial charge on any atom is -0.310 e. The summed E-state index contributed by atoms with van der Waals surface area (Å²) in [5.74, 6) is 0. The Morgan fingerprint density at radius 3 is 1.82 bits per heavy atom. The maximum Gasteiger partial charge on any atom is 0.0547 e. The Hall–Kier alpha value is -6.42. The standard InChI is InChI=1S/C48H32N2S/c1-3-13-34(14-4-1)39-17-7-10-20-44(39)49(38-28-30-43-42-19-9-12-22-47(42)51-48(43)32-38)37-26-23-33(24-27-37)35-25-29-41-40-18-8-11-21-45(40)50(46(41)31-35)36-15-5-2-6-16-36/h1-32H. The van der Waals surface area contributed by atoms with Gasteiger partial charge in [0, 0.05) is 53.6 Å². The largest absolute Gasteiger partial charge is 0.310 e. The van der Waals surface area contributed by atoms with Crippen molar-refractivity contribution in [2.75, 3.05) is 4.90 Å². The molecule has 240 valence electrons.